The Bertz CT molecular complexity index is 1510. The van der Waals surface area contributed by atoms with E-state index in [-0.39, 0.29) is 16.3 Å². The van der Waals surface area contributed by atoms with E-state index in [0.29, 0.717) is 23.6 Å². The Morgan fingerprint density at radius 3 is 2.71 bits per heavy atom. The van der Waals surface area contributed by atoms with Crippen LogP contribution in [0.1, 0.15) is 44.6 Å². The minimum absolute atomic E-state index is 0.0466. The van der Waals surface area contributed by atoms with Crippen LogP contribution in [0.15, 0.2) is 43.0 Å². The molecule has 196 valence electrons. The number of hydrogen-bond donors (Lipinski definition) is 2. The Hall–Kier alpha value is -3.43. The third kappa shape index (κ3) is 4.76. The first-order valence-electron chi connectivity index (χ1n) is 12.9. The van der Waals surface area contributed by atoms with E-state index >= 15 is 0 Å². The van der Waals surface area contributed by atoms with Crippen molar-refractivity contribution in [1.29, 1.82) is 0 Å². The van der Waals surface area contributed by atoms with Crippen LogP contribution in [0.25, 0.3) is 22.3 Å². The van der Waals surface area contributed by atoms with Gasteiger partial charge in [0.25, 0.3) is 0 Å². The van der Waals surface area contributed by atoms with Crippen LogP contribution in [0.2, 0.25) is 5.02 Å². The summed E-state index contributed by atoms with van der Waals surface area (Å²) < 4.78 is 14.3. The van der Waals surface area contributed by atoms with Gasteiger partial charge in [-0.15, -0.1) is 0 Å². The Balaban J connectivity index is 1.44. The summed E-state index contributed by atoms with van der Waals surface area (Å²) in [7, 11) is 2.15. The lowest BCUT2D eigenvalue weighted by atomic mass is 9.79. The number of anilines is 3. The maximum atomic E-state index is 14.3. The number of aromatic nitrogens is 5. The first-order chi connectivity index (χ1) is 18.3. The van der Waals surface area contributed by atoms with Gasteiger partial charge in [0.05, 0.1) is 16.7 Å². The van der Waals surface area contributed by atoms with Crippen molar-refractivity contribution in [3.8, 4) is 11.4 Å². The van der Waals surface area contributed by atoms with Crippen LogP contribution >= 0.6 is 11.6 Å². The molecule has 10 heteroatoms. The zero-order valence-electron chi connectivity index (χ0n) is 21.7. The van der Waals surface area contributed by atoms with Gasteiger partial charge in [0.1, 0.15) is 11.6 Å². The van der Waals surface area contributed by atoms with E-state index in [4.69, 9.17) is 21.6 Å². The van der Waals surface area contributed by atoms with Crippen LogP contribution < -0.4 is 15.5 Å². The zero-order chi connectivity index (χ0) is 26.4. The molecule has 38 heavy (non-hydrogen) atoms. The number of piperidine rings is 1. The summed E-state index contributed by atoms with van der Waals surface area (Å²) in [5, 5.41) is 7.79. The van der Waals surface area contributed by atoms with E-state index in [1.807, 2.05) is 18.5 Å². The topological polar surface area (TPSA) is 91.8 Å². The van der Waals surface area contributed by atoms with Crippen LogP contribution in [0.4, 0.5) is 21.8 Å². The van der Waals surface area contributed by atoms with Gasteiger partial charge in [-0.05, 0) is 60.9 Å². The summed E-state index contributed by atoms with van der Waals surface area (Å²) in [6.07, 6.45) is 10.2. The third-order valence-corrected chi connectivity index (χ3v) is 7.79. The fourth-order valence-electron chi connectivity index (χ4n) is 5.47. The predicted octanol–water partition coefficient (Wildman–Crippen LogP) is 5.72. The molecule has 6 rings (SSSR count). The molecule has 1 saturated heterocycles. The molecule has 0 spiro atoms. The lowest BCUT2D eigenvalue weighted by Crippen LogP contribution is -2.53. The van der Waals surface area contributed by atoms with Crippen LogP contribution in [0, 0.1) is 11.2 Å². The van der Waals surface area contributed by atoms with Crippen molar-refractivity contribution in [2.75, 3.05) is 30.4 Å². The number of nitrogens with zero attached hydrogens (tertiary/aromatic N) is 6. The van der Waals surface area contributed by atoms with E-state index in [1.54, 1.807) is 12.3 Å². The normalized spacial score (nSPS) is 18.9. The van der Waals surface area contributed by atoms with Gasteiger partial charge in [-0.2, -0.15) is 0 Å². The van der Waals surface area contributed by atoms with Crippen LogP contribution in [0.3, 0.4) is 0 Å². The standard InChI is InChI=1S/C28H30ClFN8/c1-28(2)15-31-8-7-22(28)38(3)27-24-19(16-4-5-16)13-32-14-21(24)35-25(37-27)17-6-9-33-23(10-17)36-26-20(30)11-18(29)12-34-26/h6,9-14,16,22,31H,4-5,7-8,15H2,1-3H3,(H,33,34,36). The van der Waals surface area contributed by atoms with E-state index in [9.17, 15) is 4.39 Å². The molecule has 4 aromatic heterocycles. The van der Waals surface area contributed by atoms with Gasteiger partial charge in [-0.25, -0.2) is 24.3 Å². The highest BCUT2D eigenvalue weighted by Crippen LogP contribution is 2.45. The summed E-state index contributed by atoms with van der Waals surface area (Å²) in [5.41, 5.74) is 2.88. The van der Waals surface area contributed by atoms with Gasteiger partial charge in [0, 0.05) is 49.2 Å². The molecule has 4 aromatic rings. The van der Waals surface area contributed by atoms with Crippen molar-refractivity contribution in [2.45, 2.75) is 45.1 Å². The van der Waals surface area contributed by atoms with Gasteiger partial charge in [-0.3, -0.25) is 4.98 Å². The van der Waals surface area contributed by atoms with Crippen LogP contribution in [-0.4, -0.2) is 51.1 Å². The SMILES string of the molecule is CN(c1nc(-c2ccnc(Nc3ncc(Cl)cc3F)c2)nc2cncc(C3CC3)c12)C1CCNCC1(C)C. The molecule has 2 aliphatic rings. The number of rotatable bonds is 6. The third-order valence-electron chi connectivity index (χ3n) is 7.59. The molecule has 0 amide bonds. The molecule has 1 aliphatic carbocycles. The van der Waals surface area contributed by atoms with Crippen molar-refractivity contribution in [1.82, 2.24) is 30.2 Å². The number of halogens is 2. The highest BCUT2D eigenvalue weighted by atomic mass is 35.5. The number of hydrogen-bond acceptors (Lipinski definition) is 8. The van der Waals surface area contributed by atoms with Crippen LogP contribution in [0.5, 0.6) is 0 Å². The predicted molar refractivity (Wildman–Crippen MR) is 148 cm³/mol. The number of fused-ring (bicyclic) bond motifs is 1. The fourth-order valence-corrected chi connectivity index (χ4v) is 5.61. The van der Waals surface area contributed by atoms with Crippen molar-refractivity contribution in [3.63, 3.8) is 0 Å². The largest absolute Gasteiger partial charge is 0.355 e. The summed E-state index contributed by atoms with van der Waals surface area (Å²) in [6, 6.07) is 5.17. The van der Waals surface area contributed by atoms with Gasteiger partial charge >= 0.3 is 0 Å². The smallest absolute Gasteiger partial charge is 0.167 e. The minimum atomic E-state index is -0.557. The Kier molecular flexibility index (Phi) is 6.36. The van der Waals surface area contributed by atoms with Gasteiger partial charge in [0.15, 0.2) is 17.5 Å². The maximum absolute atomic E-state index is 14.3. The van der Waals surface area contributed by atoms with Crippen LogP contribution in [-0.2, 0) is 0 Å². The second kappa shape index (κ2) is 9.71. The lowest BCUT2D eigenvalue weighted by molar-refractivity contribution is 0.215. The fraction of sp³-hybridized carbons (Fsp3) is 0.393. The quantitative estimate of drug-likeness (QED) is 0.326. The van der Waals surface area contributed by atoms with Crippen molar-refractivity contribution < 1.29 is 4.39 Å². The Labute approximate surface area is 226 Å². The molecule has 1 unspecified atom stereocenters. The molecule has 5 heterocycles. The van der Waals surface area contributed by atoms with Crippen molar-refractivity contribution >= 4 is 40.0 Å². The first kappa shape index (κ1) is 24.9. The first-order valence-corrected chi connectivity index (χ1v) is 13.3. The minimum Gasteiger partial charge on any atom is -0.355 e. The average molecular weight is 533 g/mol. The van der Waals surface area contributed by atoms with E-state index in [1.165, 1.54) is 30.7 Å². The second-order valence-electron chi connectivity index (χ2n) is 10.9. The van der Waals surface area contributed by atoms with E-state index in [2.05, 4.69) is 51.4 Å². The number of nitrogens with one attached hydrogen (secondary N) is 2. The molecule has 8 nitrogen and oxygen atoms in total. The molecule has 0 radical (unpaired) electrons. The molecular weight excluding hydrogens is 503 g/mol. The molecule has 0 bridgehead atoms. The summed E-state index contributed by atoms with van der Waals surface area (Å²) >= 11 is 5.85. The Morgan fingerprint density at radius 2 is 1.95 bits per heavy atom. The highest BCUT2D eigenvalue weighted by molar-refractivity contribution is 6.30. The summed E-state index contributed by atoms with van der Waals surface area (Å²) in [6.45, 7) is 6.53. The van der Waals surface area contributed by atoms with Gasteiger partial charge in [0.2, 0.25) is 0 Å². The molecule has 1 atom stereocenters. The van der Waals surface area contributed by atoms with Crippen molar-refractivity contribution in [3.05, 3.63) is 59.4 Å². The molecule has 2 N–H and O–H groups in total. The van der Waals surface area contributed by atoms with Gasteiger partial charge in [-0.1, -0.05) is 25.4 Å². The molecule has 1 saturated carbocycles. The van der Waals surface area contributed by atoms with E-state index in [0.717, 1.165) is 41.8 Å². The molecule has 1 aliphatic heterocycles. The Morgan fingerprint density at radius 1 is 1.11 bits per heavy atom. The highest BCUT2D eigenvalue weighted by Gasteiger charge is 2.37. The van der Waals surface area contributed by atoms with E-state index < -0.39 is 5.82 Å². The molecule has 2 fully saturated rings. The lowest BCUT2D eigenvalue weighted by Gasteiger charge is -2.45. The summed E-state index contributed by atoms with van der Waals surface area (Å²) in [5.74, 6) is 1.91. The monoisotopic (exact) mass is 532 g/mol. The summed E-state index contributed by atoms with van der Waals surface area (Å²) in [4.78, 5) is 25.4. The maximum Gasteiger partial charge on any atom is 0.167 e. The number of pyridine rings is 3. The molecular formula is C28H30ClFN8. The second-order valence-corrected chi connectivity index (χ2v) is 11.3. The van der Waals surface area contributed by atoms with Gasteiger partial charge < -0.3 is 15.5 Å². The van der Waals surface area contributed by atoms with Crippen molar-refractivity contribution in [2.24, 2.45) is 5.41 Å². The average Bonchev–Trinajstić information content (AvgIpc) is 3.74. The molecule has 0 aromatic carbocycles. The zero-order valence-corrected chi connectivity index (χ0v) is 22.4.